The van der Waals surface area contributed by atoms with Gasteiger partial charge >= 0.3 is 0 Å². The third-order valence-electron chi connectivity index (χ3n) is 3.50. The van der Waals surface area contributed by atoms with E-state index >= 15 is 0 Å². The van der Waals surface area contributed by atoms with Crippen LogP contribution in [0.4, 0.5) is 5.69 Å². The number of hydrogen-bond donors (Lipinski definition) is 0. The van der Waals surface area contributed by atoms with E-state index in [0.29, 0.717) is 17.9 Å². The average molecular weight is 282 g/mol. The van der Waals surface area contributed by atoms with Gasteiger partial charge in [-0.25, -0.2) is 0 Å². The lowest BCUT2D eigenvalue weighted by Gasteiger charge is -2.31. The Balaban J connectivity index is 1.95. The van der Waals surface area contributed by atoms with Crippen molar-refractivity contribution in [2.24, 2.45) is 0 Å². The van der Waals surface area contributed by atoms with Crippen molar-refractivity contribution < 1.29 is 4.21 Å². The van der Waals surface area contributed by atoms with E-state index in [2.05, 4.69) is 11.0 Å². The molecule has 1 aliphatic heterocycles. The van der Waals surface area contributed by atoms with Crippen LogP contribution in [0.15, 0.2) is 53.4 Å². The predicted octanol–water partition coefficient (Wildman–Crippen LogP) is 2.69. The van der Waals surface area contributed by atoms with E-state index in [1.54, 1.807) is 0 Å². The van der Waals surface area contributed by atoms with Crippen molar-refractivity contribution in [2.45, 2.75) is 11.4 Å². The summed E-state index contributed by atoms with van der Waals surface area (Å²) in [6, 6.07) is 17.7. The molecule has 0 N–H and O–H groups in total. The van der Waals surface area contributed by atoms with E-state index in [-0.39, 0.29) is 0 Å². The molecule has 0 saturated carbocycles. The molecule has 0 amide bonds. The minimum Gasteiger partial charge on any atom is -0.365 e. The maximum absolute atomic E-state index is 12.0. The van der Waals surface area contributed by atoms with Gasteiger partial charge in [-0.3, -0.25) is 4.21 Å². The van der Waals surface area contributed by atoms with Gasteiger partial charge in [0.15, 0.2) is 0 Å². The minimum atomic E-state index is -0.908. The quantitative estimate of drug-likeness (QED) is 0.850. The summed E-state index contributed by atoms with van der Waals surface area (Å²) >= 11 is 0. The van der Waals surface area contributed by atoms with Gasteiger partial charge < -0.3 is 4.90 Å². The Labute approximate surface area is 120 Å². The Hall–Kier alpha value is -2.12. The average Bonchev–Trinajstić information content (AvgIpc) is 2.51. The van der Waals surface area contributed by atoms with Crippen LogP contribution in [0.5, 0.6) is 0 Å². The van der Waals surface area contributed by atoms with E-state index in [1.807, 2.05) is 48.5 Å². The number of nitriles is 1. The minimum absolute atomic E-state index is 0.645. The molecule has 100 valence electrons. The molecule has 3 rings (SSSR count). The first-order valence-electron chi connectivity index (χ1n) is 6.50. The zero-order valence-corrected chi connectivity index (χ0v) is 11.8. The number of benzene rings is 2. The molecule has 2 aromatic carbocycles. The first-order chi connectivity index (χ1) is 9.79. The van der Waals surface area contributed by atoms with Gasteiger partial charge in [-0.05, 0) is 23.8 Å². The highest BCUT2D eigenvalue weighted by atomic mass is 32.2. The molecule has 1 heterocycles. The lowest BCUT2D eigenvalue weighted by Crippen LogP contribution is -2.32. The third-order valence-corrected chi connectivity index (χ3v) is 4.89. The molecular weight excluding hydrogens is 268 g/mol. The standard InChI is InChI=1S/C16H14N2OS/c17-11-13-5-1-2-6-14(13)12-18-9-10-20(19)16-8-4-3-7-15(16)18/h1-8H,9-10,12H2/t20-/m1/s1. The van der Waals surface area contributed by atoms with Crippen LogP contribution in [0, 0.1) is 11.3 Å². The van der Waals surface area contributed by atoms with Gasteiger partial charge in [-0.2, -0.15) is 5.26 Å². The molecule has 20 heavy (non-hydrogen) atoms. The van der Waals surface area contributed by atoms with Crippen molar-refractivity contribution in [3.63, 3.8) is 0 Å². The third kappa shape index (κ3) is 2.33. The largest absolute Gasteiger partial charge is 0.365 e. The molecule has 0 spiro atoms. The molecule has 0 unspecified atom stereocenters. The zero-order valence-electron chi connectivity index (χ0n) is 11.0. The Kier molecular flexibility index (Phi) is 3.53. The summed E-state index contributed by atoms with van der Waals surface area (Å²) in [5, 5.41) is 9.17. The number of nitrogens with zero attached hydrogens (tertiary/aromatic N) is 2. The summed E-state index contributed by atoms with van der Waals surface area (Å²) in [6.07, 6.45) is 0. The smallest absolute Gasteiger partial charge is 0.0995 e. The van der Waals surface area contributed by atoms with Crippen molar-refractivity contribution in [1.82, 2.24) is 0 Å². The molecule has 0 saturated heterocycles. The molecule has 2 aromatic rings. The topological polar surface area (TPSA) is 44.1 Å². The normalized spacial score (nSPS) is 17.4. The number of fused-ring (bicyclic) bond motifs is 1. The highest BCUT2D eigenvalue weighted by molar-refractivity contribution is 7.85. The Morgan fingerprint density at radius 3 is 2.75 bits per heavy atom. The highest BCUT2D eigenvalue weighted by Gasteiger charge is 2.22. The number of anilines is 1. The second kappa shape index (κ2) is 5.48. The van der Waals surface area contributed by atoms with Gasteiger partial charge in [0.1, 0.15) is 0 Å². The van der Waals surface area contributed by atoms with Crippen LogP contribution in [0.1, 0.15) is 11.1 Å². The lowest BCUT2D eigenvalue weighted by molar-refractivity contribution is 0.675. The molecule has 0 fully saturated rings. The number of rotatable bonds is 2. The van der Waals surface area contributed by atoms with E-state index in [4.69, 9.17) is 5.26 Å². The maximum Gasteiger partial charge on any atom is 0.0995 e. The second-order valence-electron chi connectivity index (χ2n) is 4.71. The van der Waals surface area contributed by atoms with Gasteiger partial charge in [-0.15, -0.1) is 0 Å². The van der Waals surface area contributed by atoms with Gasteiger partial charge in [0, 0.05) is 18.8 Å². The van der Waals surface area contributed by atoms with Crippen LogP contribution >= 0.6 is 0 Å². The Bertz CT molecular complexity index is 706. The lowest BCUT2D eigenvalue weighted by atomic mass is 10.1. The summed E-state index contributed by atoms with van der Waals surface area (Å²) in [5.74, 6) is 0.645. The van der Waals surface area contributed by atoms with Crippen LogP contribution in [0.3, 0.4) is 0 Å². The summed E-state index contributed by atoms with van der Waals surface area (Å²) in [4.78, 5) is 3.10. The van der Waals surface area contributed by atoms with Gasteiger partial charge in [-0.1, -0.05) is 30.3 Å². The zero-order chi connectivity index (χ0) is 13.9. The van der Waals surface area contributed by atoms with Crippen molar-refractivity contribution in [3.05, 3.63) is 59.7 Å². The second-order valence-corrected chi connectivity index (χ2v) is 6.25. The predicted molar refractivity (Wildman–Crippen MR) is 79.9 cm³/mol. The van der Waals surface area contributed by atoms with E-state index < -0.39 is 10.8 Å². The SMILES string of the molecule is N#Cc1ccccc1CN1CC[S@@](=O)c2ccccc21. The Morgan fingerprint density at radius 1 is 1.15 bits per heavy atom. The molecule has 0 radical (unpaired) electrons. The molecular formula is C16H14N2OS. The monoisotopic (exact) mass is 282 g/mol. The first kappa shape index (κ1) is 12.9. The number of hydrogen-bond acceptors (Lipinski definition) is 3. The van der Waals surface area contributed by atoms with Crippen molar-refractivity contribution in [2.75, 3.05) is 17.2 Å². The van der Waals surface area contributed by atoms with Gasteiger partial charge in [0.05, 0.1) is 33.0 Å². The molecule has 0 bridgehead atoms. The summed E-state index contributed by atoms with van der Waals surface area (Å²) in [5.41, 5.74) is 2.74. The van der Waals surface area contributed by atoms with Gasteiger partial charge in [0.2, 0.25) is 0 Å². The highest BCUT2D eigenvalue weighted by Crippen LogP contribution is 2.29. The van der Waals surface area contributed by atoms with Crippen molar-refractivity contribution in [3.8, 4) is 6.07 Å². The molecule has 0 aromatic heterocycles. The first-order valence-corrected chi connectivity index (χ1v) is 7.82. The summed E-state index contributed by atoms with van der Waals surface area (Å²) in [6.45, 7) is 1.43. The fourth-order valence-electron chi connectivity index (χ4n) is 2.47. The van der Waals surface area contributed by atoms with Crippen LogP contribution in [-0.2, 0) is 17.3 Å². The van der Waals surface area contributed by atoms with Crippen LogP contribution in [0.25, 0.3) is 0 Å². The summed E-state index contributed by atoms with van der Waals surface area (Å²) < 4.78 is 12.0. The van der Waals surface area contributed by atoms with Gasteiger partial charge in [0.25, 0.3) is 0 Å². The van der Waals surface area contributed by atoms with Crippen LogP contribution in [0.2, 0.25) is 0 Å². The number of para-hydroxylation sites is 1. The molecule has 1 aliphatic rings. The maximum atomic E-state index is 12.0. The van der Waals surface area contributed by atoms with Crippen molar-refractivity contribution in [1.29, 1.82) is 5.26 Å². The fraction of sp³-hybridized carbons (Fsp3) is 0.188. The fourth-order valence-corrected chi connectivity index (χ4v) is 3.74. The molecule has 0 aliphatic carbocycles. The van der Waals surface area contributed by atoms with Crippen LogP contribution in [-0.4, -0.2) is 16.5 Å². The van der Waals surface area contributed by atoms with E-state index in [0.717, 1.165) is 22.7 Å². The molecule has 3 nitrogen and oxygen atoms in total. The molecule has 4 heteroatoms. The molecule has 1 atom stereocenters. The van der Waals surface area contributed by atoms with E-state index in [9.17, 15) is 4.21 Å². The Morgan fingerprint density at radius 2 is 1.90 bits per heavy atom. The van der Waals surface area contributed by atoms with E-state index in [1.165, 1.54) is 0 Å². The van der Waals surface area contributed by atoms with Crippen molar-refractivity contribution >= 4 is 16.5 Å². The summed E-state index contributed by atoms with van der Waals surface area (Å²) in [7, 11) is -0.908. The van der Waals surface area contributed by atoms with Crippen LogP contribution < -0.4 is 4.90 Å².